The van der Waals surface area contributed by atoms with Gasteiger partial charge >= 0.3 is 0 Å². The van der Waals surface area contributed by atoms with Crippen LogP contribution in [0.1, 0.15) is 39.0 Å². The molecule has 3 rings (SSSR count). The van der Waals surface area contributed by atoms with Gasteiger partial charge in [0.2, 0.25) is 0 Å². The summed E-state index contributed by atoms with van der Waals surface area (Å²) < 4.78 is 2.32. The van der Waals surface area contributed by atoms with E-state index in [2.05, 4.69) is 72.2 Å². The maximum Gasteiger partial charge on any atom is 0.0963 e. The molecular weight excluding hydrogens is 292 g/mol. The Balaban J connectivity index is 1.88. The molecule has 24 heavy (non-hydrogen) atoms. The van der Waals surface area contributed by atoms with E-state index in [1.165, 1.54) is 48.9 Å². The molecule has 0 aliphatic heterocycles. The number of hydrogen-bond donors (Lipinski definition) is 0. The quantitative estimate of drug-likeness (QED) is 0.453. The van der Waals surface area contributed by atoms with Gasteiger partial charge < -0.3 is 4.57 Å². The Morgan fingerprint density at radius 1 is 0.750 bits per heavy atom. The summed E-state index contributed by atoms with van der Waals surface area (Å²) in [6.07, 6.45) is 8.47. The van der Waals surface area contributed by atoms with Crippen molar-refractivity contribution in [2.24, 2.45) is 0 Å². The van der Waals surface area contributed by atoms with E-state index < -0.39 is 0 Å². The summed E-state index contributed by atoms with van der Waals surface area (Å²) in [5.41, 5.74) is 4.73. The molecule has 0 radical (unpaired) electrons. The Kier molecular flexibility index (Phi) is 5.84. The van der Waals surface area contributed by atoms with Crippen LogP contribution in [0, 0.1) is 0 Å². The van der Waals surface area contributed by atoms with Gasteiger partial charge in [0.25, 0.3) is 0 Å². The van der Waals surface area contributed by atoms with Gasteiger partial charge in [0.1, 0.15) is 0 Å². The van der Waals surface area contributed by atoms with Crippen molar-refractivity contribution in [3.05, 3.63) is 67.0 Å². The Bertz CT molecular complexity index is 729. The molecule has 0 unspecified atom stereocenters. The first-order chi connectivity index (χ1) is 11.9. The molecule has 0 saturated heterocycles. The molecular formula is C22H26N2. The maximum absolute atomic E-state index is 4.74. The number of benzene rings is 2. The molecule has 0 spiro atoms. The van der Waals surface area contributed by atoms with Gasteiger partial charge in [0.15, 0.2) is 0 Å². The van der Waals surface area contributed by atoms with E-state index in [0.717, 1.165) is 12.2 Å². The summed E-state index contributed by atoms with van der Waals surface area (Å²) in [5, 5.41) is 0. The van der Waals surface area contributed by atoms with Gasteiger partial charge in [-0.2, -0.15) is 0 Å². The van der Waals surface area contributed by atoms with Crippen LogP contribution in [0.2, 0.25) is 0 Å². The summed E-state index contributed by atoms with van der Waals surface area (Å²) >= 11 is 0. The summed E-state index contributed by atoms with van der Waals surface area (Å²) in [7, 11) is 0. The van der Waals surface area contributed by atoms with Crippen LogP contribution in [0.15, 0.2) is 67.0 Å². The molecule has 0 fully saturated rings. The molecule has 0 aliphatic carbocycles. The van der Waals surface area contributed by atoms with Crippen molar-refractivity contribution in [3.8, 4) is 22.5 Å². The minimum absolute atomic E-state index is 1.04. The van der Waals surface area contributed by atoms with Crippen LogP contribution in [0.25, 0.3) is 22.5 Å². The van der Waals surface area contributed by atoms with Gasteiger partial charge in [0.05, 0.1) is 17.7 Å². The molecule has 2 nitrogen and oxygen atoms in total. The monoisotopic (exact) mass is 318 g/mol. The van der Waals surface area contributed by atoms with E-state index in [0.29, 0.717) is 0 Å². The van der Waals surface area contributed by atoms with E-state index in [1.807, 2.05) is 6.33 Å². The van der Waals surface area contributed by atoms with Gasteiger partial charge in [-0.25, -0.2) is 4.98 Å². The maximum atomic E-state index is 4.74. The fraction of sp³-hybridized carbons (Fsp3) is 0.318. The van der Waals surface area contributed by atoms with Crippen LogP contribution >= 0.6 is 0 Å². The highest BCUT2D eigenvalue weighted by Crippen LogP contribution is 2.31. The average Bonchev–Trinajstić information content (AvgIpc) is 3.07. The minimum Gasteiger partial charge on any atom is -0.330 e. The Morgan fingerprint density at radius 2 is 1.38 bits per heavy atom. The molecule has 0 amide bonds. The number of aromatic nitrogens is 2. The van der Waals surface area contributed by atoms with E-state index in [-0.39, 0.29) is 0 Å². The molecule has 1 aromatic heterocycles. The standard InChI is InChI=1S/C22H26N2/c1-2-3-4-5-12-17-24-18-23-21(19-13-8-6-9-14-19)22(24)20-15-10-7-11-16-20/h6-11,13-16,18H,2-5,12,17H2,1H3. The van der Waals surface area contributed by atoms with Crippen molar-refractivity contribution >= 4 is 0 Å². The second-order valence-electron chi connectivity index (χ2n) is 6.28. The van der Waals surface area contributed by atoms with Gasteiger partial charge in [-0.1, -0.05) is 93.3 Å². The third-order valence-corrected chi connectivity index (χ3v) is 4.43. The van der Waals surface area contributed by atoms with Gasteiger partial charge in [-0.05, 0) is 6.42 Å². The number of unbranched alkanes of at least 4 members (excludes halogenated alkanes) is 4. The lowest BCUT2D eigenvalue weighted by Crippen LogP contribution is -1.99. The smallest absolute Gasteiger partial charge is 0.0963 e. The Hall–Kier alpha value is -2.35. The van der Waals surface area contributed by atoms with Crippen molar-refractivity contribution in [2.75, 3.05) is 0 Å². The minimum atomic E-state index is 1.04. The van der Waals surface area contributed by atoms with Crippen LogP contribution in [0.3, 0.4) is 0 Å². The van der Waals surface area contributed by atoms with E-state index in [4.69, 9.17) is 4.98 Å². The highest BCUT2D eigenvalue weighted by atomic mass is 15.1. The third-order valence-electron chi connectivity index (χ3n) is 4.43. The van der Waals surface area contributed by atoms with Crippen LogP contribution < -0.4 is 0 Å². The number of hydrogen-bond acceptors (Lipinski definition) is 1. The molecule has 0 atom stereocenters. The van der Waals surface area contributed by atoms with Crippen molar-refractivity contribution < 1.29 is 0 Å². The first-order valence-electron chi connectivity index (χ1n) is 9.06. The van der Waals surface area contributed by atoms with Crippen LogP contribution in [-0.2, 0) is 6.54 Å². The zero-order chi connectivity index (χ0) is 16.6. The molecule has 124 valence electrons. The summed E-state index contributed by atoms with van der Waals surface area (Å²) in [4.78, 5) is 4.74. The van der Waals surface area contributed by atoms with E-state index in [9.17, 15) is 0 Å². The highest BCUT2D eigenvalue weighted by molar-refractivity contribution is 5.78. The molecule has 3 aromatic rings. The lowest BCUT2D eigenvalue weighted by atomic mass is 10.0. The summed E-state index contributed by atoms with van der Waals surface area (Å²) in [6, 6.07) is 21.1. The zero-order valence-electron chi connectivity index (χ0n) is 14.5. The molecule has 0 saturated carbocycles. The fourth-order valence-corrected chi connectivity index (χ4v) is 3.14. The molecule has 0 aliphatic rings. The SMILES string of the molecule is CCCCCCCn1cnc(-c2ccccc2)c1-c1ccccc1. The van der Waals surface area contributed by atoms with E-state index in [1.54, 1.807) is 0 Å². The number of nitrogens with zero attached hydrogens (tertiary/aromatic N) is 2. The molecule has 0 N–H and O–H groups in total. The highest BCUT2D eigenvalue weighted by Gasteiger charge is 2.14. The average molecular weight is 318 g/mol. The van der Waals surface area contributed by atoms with Crippen LogP contribution in [0.5, 0.6) is 0 Å². The lowest BCUT2D eigenvalue weighted by Gasteiger charge is -2.11. The largest absolute Gasteiger partial charge is 0.330 e. The van der Waals surface area contributed by atoms with Gasteiger partial charge in [-0.15, -0.1) is 0 Å². The van der Waals surface area contributed by atoms with Crippen molar-refractivity contribution in [1.82, 2.24) is 9.55 Å². The number of imidazole rings is 1. The molecule has 0 bridgehead atoms. The van der Waals surface area contributed by atoms with E-state index >= 15 is 0 Å². The van der Waals surface area contributed by atoms with Gasteiger partial charge in [-0.3, -0.25) is 0 Å². The predicted molar refractivity (Wildman–Crippen MR) is 102 cm³/mol. The topological polar surface area (TPSA) is 17.8 Å². The van der Waals surface area contributed by atoms with Gasteiger partial charge in [0, 0.05) is 17.7 Å². The van der Waals surface area contributed by atoms with Crippen LogP contribution in [0.4, 0.5) is 0 Å². The third kappa shape index (κ3) is 3.94. The molecule has 2 heteroatoms. The molecule has 1 heterocycles. The summed E-state index contributed by atoms with van der Waals surface area (Å²) in [5.74, 6) is 0. The number of aryl methyl sites for hydroxylation is 1. The van der Waals surface area contributed by atoms with Crippen LogP contribution in [-0.4, -0.2) is 9.55 Å². The lowest BCUT2D eigenvalue weighted by molar-refractivity contribution is 0.570. The normalized spacial score (nSPS) is 10.9. The fourth-order valence-electron chi connectivity index (χ4n) is 3.14. The Morgan fingerprint density at radius 3 is 2.04 bits per heavy atom. The first-order valence-corrected chi connectivity index (χ1v) is 9.06. The number of rotatable bonds is 8. The second-order valence-corrected chi connectivity index (χ2v) is 6.28. The Labute approximate surface area is 145 Å². The van der Waals surface area contributed by atoms with Crippen molar-refractivity contribution in [1.29, 1.82) is 0 Å². The first kappa shape index (κ1) is 16.5. The predicted octanol–water partition coefficient (Wildman–Crippen LogP) is 6.19. The van der Waals surface area contributed by atoms with Crippen molar-refractivity contribution in [3.63, 3.8) is 0 Å². The van der Waals surface area contributed by atoms with Crippen molar-refractivity contribution in [2.45, 2.75) is 45.6 Å². The molecule has 2 aromatic carbocycles. The summed E-state index contributed by atoms with van der Waals surface area (Å²) in [6.45, 7) is 3.29. The zero-order valence-corrected chi connectivity index (χ0v) is 14.5. The second kappa shape index (κ2) is 8.49.